The van der Waals surface area contributed by atoms with Gasteiger partial charge in [0.2, 0.25) is 0 Å². The molecule has 1 aromatic carbocycles. The van der Waals surface area contributed by atoms with Crippen molar-refractivity contribution in [3.63, 3.8) is 0 Å². The Morgan fingerprint density at radius 3 is 2.50 bits per heavy atom. The van der Waals surface area contributed by atoms with Gasteiger partial charge >= 0.3 is 0 Å². The summed E-state index contributed by atoms with van der Waals surface area (Å²) in [6.07, 6.45) is 1.58. The Morgan fingerprint density at radius 2 is 1.83 bits per heavy atom. The topological polar surface area (TPSA) is 73.1 Å². The number of pyridine rings is 1. The molecule has 1 aromatic heterocycles. The van der Waals surface area contributed by atoms with E-state index in [2.05, 4.69) is 4.98 Å². The molecular formula is C13H14N2O2S. The lowest BCUT2D eigenvalue weighted by molar-refractivity contribution is 0.595. The van der Waals surface area contributed by atoms with Gasteiger partial charge < -0.3 is 5.73 Å². The number of aromatic nitrogens is 1. The number of nitrogens with two attached hydrogens (primary N) is 1. The molecule has 0 unspecified atom stereocenters. The first-order valence-electron chi connectivity index (χ1n) is 5.53. The van der Waals surface area contributed by atoms with Crippen molar-refractivity contribution in [3.05, 3.63) is 59.9 Å². The molecule has 0 bridgehead atoms. The van der Waals surface area contributed by atoms with Gasteiger partial charge in [0.25, 0.3) is 0 Å². The lowest BCUT2D eigenvalue weighted by atomic mass is 10.2. The monoisotopic (exact) mass is 262 g/mol. The van der Waals surface area contributed by atoms with Crippen LogP contribution in [0.1, 0.15) is 11.3 Å². The van der Waals surface area contributed by atoms with Crippen LogP contribution in [0.4, 0.5) is 0 Å². The normalized spacial score (nSPS) is 11.4. The fourth-order valence-corrected chi connectivity index (χ4v) is 3.02. The smallest absolute Gasteiger partial charge is 0.182 e. The first-order chi connectivity index (χ1) is 8.62. The van der Waals surface area contributed by atoms with E-state index in [4.69, 9.17) is 5.73 Å². The molecule has 4 nitrogen and oxygen atoms in total. The standard InChI is InChI=1S/C13H14N2O2S/c14-9-12-8-11(6-7-15-12)10-18(16,17)13-4-2-1-3-5-13/h1-8H,9-10,14H2. The lowest BCUT2D eigenvalue weighted by Gasteiger charge is -2.05. The molecule has 0 aliphatic heterocycles. The van der Waals surface area contributed by atoms with Crippen molar-refractivity contribution >= 4 is 9.84 Å². The fourth-order valence-electron chi connectivity index (χ4n) is 1.66. The summed E-state index contributed by atoms with van der Waals surface area (Å²) in [7, 11) is -3.31. The van der Waals surface area contributed by atoms with Crippen LogP contribution in [0.5, 0.6) is 0 Å². The van der Waals surface area contributed by atoms with Crippen molar-refractivity contribution in [1.29, 1.82) is 0 Å². The molecule has 2 aromatic rings. The number of hydrogen-bond acceptors (Lipinski definition) is 4. The Hall–Kier alpha value is -1.72. The minimum atomic E-state index is -3.31. The first-order valence-corrected chi connectivity index (χ1v) is 7.19. The maximum atomic E-state index is 12.1. The predicted molar refractivity (Wildman–Crippen MR) is 69.5 cm³/mol. The fraction of sp³-hybridized carbons (Fsp3) is 0.154. The van der Waals surface area contributed by atoms with Gasteiger partial charge in [-0.1, -0.05) is 18.2 Å². The molecule has 0 aliphatic carbocycles. The van der Waals surface area contributed by atoms with Crippen LogP contribution in [-0.2, 0) is 22.1 Å². The van der Waals surface area contributed by atoms with Crippen LogP contribution in [0.3, 0.4) is 0 Å². The molecule has 0 amide bonds. The van der Waals surface area contributed by atoms with Crippen LogP contribution >= 0.6 is 0 Å². The number of rotatable bonds is 4. The number of nitrogens with zero attached hydrogens (tertiary/aromatic N) is 1. The van der Waals surface area contributed by atoms with Crippen LogP contribution in [0.2, 0.25) is 0 Å². The van der Waals surface area contributed by atoms with Crippen molar-refractivity contribution in [2.45, 2.75) is 17.2 Å². The zero-order valence-electron chi connectivity index (χ0n) is 9.78. The van der Waals surface area contributed by atoms with E-state index in [0.29, 0.717) is 22.7 Å². The summed E-state index contributed by atoms with van der Waals surface area (Å²) >= 11 is 0. The summed E-state index contributed by atoms with van der Waals surface area (Å²) in [6.45, 7) is 0.305. The summed E-state index contributed by atoms with van der Waals surface area (Å²) in [5.74, 6) is -0.0352. The molecule has 0 saturated carbocycles. The van der Waals surface area contributed by atoms with Crippen LogP contribution in [0.25, 0.3) is 0 Å². The number of benzene rings is 1. The molecule has 0 aliphatic rings. The maximum Gasteiger partial charge on any atom is 0.182 e. The van der Waals surface area contributed by atoms with Gasteiger partial charge in [0, 0.05) is 12.7 Å². The molecule has 5 heteroatoms. The third-order valence-corrected chi connectivity index (χ3v) is 4.25. The van der Waals surface area contributed by atoms with E-state index in [1.165, 1.54) is 0 Å². The van der Waals surface area contributed by atoms with Gasteiger partial charge in [0.1, 0.15) is 0 Å². The number of hydrogen-bond donors (Lipinski definition) is 1. The summed E-state index contributed by atoms with van der Waals surface area (Å²) in [6, 6.07) is 11.8. The highest BCUT2D eigenvalue weighted by molar-refractivity contribution is 7.90. The highest BCUT2D eigenvalue weighted by Gasteiger charge is 2.14. The predicted octanol–water partition coefficient (Wildman–Crippen LogP) is 1.51. The van der Waals surface area contributed by atoms with Crippen molar-refractivity contribution in [2.24, 2.45) is 5.73 Å². The summed E-state index contributed by atoms with van der Waals surface area (Å²) < 4.78 is 24.3. The lowest BCUT2D eigenvalue weighted by Crippen LogP contribution is -2.06. The third kappa shape index (κ3) is 2.94. The highest BCUT2D eigenvalue weighted by Crippen LogP contribution is 2.16. The molecular weight excluding hydrogens is 248 g/mol. The highest BCUT2D eigenvalue weighted by atomic mass is 32.2. The molecule has 0 fully saturated rings. The molecule has 0 atom stereocenters. The molecule has 94 valence electrons. The molecule has 1 heterocycles. The van der Waals surface area contributed by atoms with Gasteiger partial charge in [-0.25, -0.2) is 8.42 Å². The zero-order valence-corrected chi connectivity index (χ0v) is 10.6. The van der Waals surface area contributed by atoms with E-state index in [9.17, 15) is 8.42 Å². The van der Waals surface area contributed by atoms with Gasteiger partial charge in [0.15, 0.2) is 9.84 Å². The summed E-state index contributed by atoms with van der Waals surface area (Å²) in [5, 5.41) is 0. The second-order valence-electron chi connectivity index (χ2n) is 3.93. The van der Waals surface area contributed by atoms with Gasteiger partial charge in [-0.3, -0.25) is 4.98 Å². The Morgan fingerprint density at radius 1 is 1.11 bits per heavy atom. The second-order valence-corrected chi connectivity index (χ2v) is 5.92. The van der Waals surface area contributed by atoms with Crippen LogP contribution in [0, 0.1) is 0 Å². The van der Waals surface area contributed by atoms with E-state index in [1.54, 1.807) is 48.7 Å². The zero-order chi connectivity index (χ0) is 13.0. The molecule has 0 radical (unpaired) electrons. The Bertz CT molecular complexity index is 624. The van der Waals surface area contributed by atoms with Crippen molar-refractivity contribution < 1.29 is 8.42 Å². The van der Waals surface area contributed by atoms with Gasteiger partial charge in [0.05, 0.1) is 16.3 Å². The minimum absolute atomic E-state index is 0.0352. The van der Waals surface area contributed by atoms with Gasteiger partial charge in [-0.2, -0.15) is 0 Å². The van der Waals surface area contributed by atoms with Crippen molar-refractivity contribution in [3.8, 4) is 0 Å². The molecule has 18 heavy (non-hydrogen) atoms. The first kappa shape index (κ1) is 12.7. The SMILES string of the molecule is NCc1cc(CS(=O)(=O)c2ccccc2)ccn1. The van der Waals surface area contributed by atoms with Crippen LogP contribution in [-0.4, -0.2) is 13.4 Å². The number of sulfone groups is 1. The average Bonchev–Trinajstić information content (AvgIpc) is 2.39. The molecule has 2 N–H and O–H groups in total. The van der Waals surface area contributed by atoms with Crippen molar-refractivity contribution in [1.82, 2.24) is 4.98 Å². The Kier molecular flexibility index (Phi) is 3.74. The van der Waals surface area contributed by atoms with E-state index in [1.807, 2.05) is 0 Å². The molecule has 0 spiro atoms. The van der Waals surface area contributed by atoms with E-state index < -0.39 is 9.84 Å². The Labute approximate surface area is 106 Å². The van der Waals surface area contributed by atoms with Crippen LogP contribution in [0.15, 0.2) is 53.6 Å². The van der Waals surface area contributed by atoms with Crippen LogP contribution < -0.4 is 5.73 Å². The second kappa shape index (κ2) is 5.29. The van der Waals surface area contributed by atoms with E-state index in [0.717, 1.165) is 0 Å². The van der Waals surface area contributed by atoms with Crippen molar-refractivity contribution in [2.75, 3.05) is 0 Å². The molecule has 0 saturated heterocycles. The van der Waals surface area contributed by atoms with E-state index >= 15 is 0 Å². The molecule has 2 rings (SSSR count). The Balaban J connectivity index is 2.28. The summed E-state index contributed by atoms with van der Waals surface area (Å²) in [5.41, 5.74) is 6.88. The largest absolute Gasteiger partial charge is 0.325 e. The third-order valence-electron chi connectivity index (χ3n) is 2.55. The maximum absolute atomic E-state index is 12.1. The van der Waals surface area contributed by atoms with Gasteiger partial charge in [-0.05, 0) is 29.8 Å². The summed E-state index contributed by atoms with van der Waals surface area (Å²) in [4.78, 5) is 4.37. The average molecular weight is 262 g/mol. The van der Waals surface area contributed by atoms with Gasteiger partial charge in [-0.15, -0.1) is 0 Å². The van der Waals surface area contributed by atoms with E-state index in [-0.39, 0.29) is 5.75 Å². The minimum Gasteiger partial charge on any atom is -0.325 e. The quantitative estimate of drug-likeness (QED) is 0.906.